The van der Waals surface area contributed by atoms with Gasteiger partial charge in [0.05, 0.1) is 5.39 Å². The zero-order chi connectivity index (χ0) is 18.0. The van der Waals surface area contributed by atoms with Crippen LogP contribution in [0, 0.1) is 5.82 Å². The molecule has 7 heteroatoms. The quantitative estimate of drug-likeness (QED) is 0.582. The summed E-state index contributed by atoms with van der Waals surface area (Å²) in [6.07, 6.45) is -1.09. The van der Waals surface area contributed by atoms with Crippen LogP contribution < -0.4 is 5.56 Å². The molecule has 6 nitrogen and oxygen atoms in total. The second-order valence-electron chi connectivity index (χ2n) is 5.37. The highest BCUT2D eigenvalue weighted by atomic mass is 19.1. The molecule has 1 N–H and O–H groups in total. The molecule has 0 aliphatic rings. The Labute approximate surface area is 141 Å². The summed E-state index contributed by atoms with van der Waals surface area (Å²) in [5, 5.41) is 6.59. The van der Waals surface area contributed by atoms with Crippen LogP contribution in [-0.4, -0.2) is 28.1 Å². The highest BCUT2D eigenvalue weighted by Gasteiger charge is 2.23. The molecule has 0 saturated carbocycles. The Hall–Kier alpha value is -3.35. The summed E-state index contributed by atoms with van der Waals surface area (Å²) in [5.74, 6) is -1.78. The topological polar surface area (TPSA) is 89.1 Å². The van der Waals surface area contributed by atoms with Gasteiger partial charge in [0.1, 0.15) is 5.82 Å². The summed E-state index contributed by atoms with van der Waals surface area (Å²) in [6, 6.07) is 11.4. The fourth-order valence-electron chi connectivity index (χ4n) is 2.39. The second-order valence-corrected chi connectivity index (χ2v) is 5.37. The Kier molecular flexibility index (Phi) is 4.38. The van der Waals surface area contributed by atoms with Gasteiger partial charge in [-0.05, 0) is 37.3 Å². The van der Waals surface area contributed by atoms with Gasteiger partial charge in [-0.25, -0.2) is 14.3 Å². The first-order chi connectivity index (χ1) is 12.0. The number of hydrogen-bond acceptors (Lipinski definition) is 5. The van der Waals surface area contributed by atoms with Gasteiger partial charge in [-0.1, -0.05) is 18.2 Å². The van der Waals surface area contributed by atoms with Crippen molar-refractivity contribution in [2.75, 3.05) is 0 Å². The standard InChI is InChI=1S/C18H13FN2O4/c1-10(16(22)11-6-8-12(19)9-7-11)25-18(24)15-13-4-2-3-5-14(13)17(23)21-20-15/h2-10H,1H3,(H,21,23)/t10-/m0/s1. The van der Waals surface area contributed by atoms with Crippen LogP contribution in [0.1, 0.15) is 27.8 Å². The lowest BCUT2D eigenvalue weighted by molar-refractivity contribution is 0.0314. The molecule has 0 bridgehead atoms. The average molecular weight is 340 g/mol. The summed E-state index contributed by atoms with van der Waals surface area (Å²) in [4.78, 5) is 36.4. The van der Waals surface area contributed by atoms with E-state index in [9.17, 15) is 18.8 Å². The number of carbonyl (C=O) groups is 2. The van der Waals surface area contributed by atoms with Gasteiger partial charge in [0.2, 0.25) is 5.78 Å². The van der Waals surface area contributed by atoms with Crippen LogP contribution >= 0.6 is 0 Å². The van der Waals surface area contributed by atoms with Gasteiger partial charge >= 0.3 is 5.97 Å². The number of esters is 1. The molecule has 3 aromatic rings. The summed E-state index contributed by atoms with van der Waals surface area (Å²) < 4.78 is 18.1. The second kappa shape index (κ2) is 6.64. The largest absolute Gasteiger partial charge is 0.449 e. The van der Waals surface area contributed by atoms with Gasteiger partial charge in [0, 0.05) is 10.9 Å². The van der Waals surface area contributed by atoms with Gasteiger partial charge in [0.15, 0.2) is 11.8 Å². The Morgan fingerprint density at radius 1 is 1.08 bits per heavy atom. The number of ether oxygens (including phenoxy) is 1. The van der Waals surface area contributed by atoms with Crippen LogP contribution in [0.5, 0.6) is 0 Å². The average Bonchev–Trinajstić information content (AvgIpc) is 2.62. The molecule has 2 aromatic carbocycles. The molecule has 0 saturated heterocycles. The van der Waals surface area contributed by atoms with Gasteiger partial charge in [-0.3, -0.25) is 9.59 Å². The van der Waals surface area contributed by atoms with Crippen LogP contribution in [0.4, 0.5) is 4.39 Å². The molecule has 25 heavy (non-hydrogen) atoms. The molecule has 0 spiro atoms. The third-order valence-corrected chi connectivity index (χ3v) is 3.67. The summed E-state index contributed by atoms with van der Waals surface area (Å²) in [5.41, 5.74) is -0.294. The maximum Gasteiger partial charge on any atom is 0.360 e. The smallest absolute Gasteiger partial charge is 0.360 e. The van der Waals surface area contributed by atoms with Crippen LogP contribution in [0.25, 0.3) is 10.8 Å². The molecule has 126 valence electrons. The first kappa shape index (κ1) is 16.5. The van der Waals surface area contributed by atoms with Gasteiger partial charge in [-0.2, -0.15) is 5.10 Å². The molecular formula is C18H13FN2O4. The van der Waals surface area contributed by atoms with E-state index in [4.69, 9.17) is 4.74 Å². The number of aromatic amines is 1. The number of halogens is 1. The van der Waals surface area contributed by atoms with Crippen molar-refractivity contribution in [1.82, 2.24) is 10.2 Å². The lowest BCUT2D eigenvalue weighted by Gasteiger charge is -2.12. The third kappa shape index (κ3) is 3.30. The van der Waals surface area contributed by atoms with Crippen molar-refractivity contribution >= 4 is 22.5 Å². The van der Waals surface area contributed by atoms with E-state index in [0.717, 1.165) is 12.1 Å². The number of nitrogens with one attached hydrogen (secondary N) is 1. The number of carbonyl (C=O) groups excluding carboxylic acids is 2. The molecule has 0 unspecified atom stereocenters. The van der Waals surface area contributed by atoms with E-state index in [-0.39, 0.29) is 11.3 Å². The van der Waals surface area contributed by atoms with E-state index in [0.29, 0.717) is 10.8 Å². The Bertz CT molecular complexity index is 1010. The summed E-state index contributed by atoms with van der Waals surface area (Å²) in [6.45, 7) is 1.41. The molecule has 3 rings (SSSR count). The van der Waals surface area contributed by atoms with E-state index in [1.807, 2.05) is 0 Å². The van der Waals surface area contributed by atoms with Crippen molar-refractivity contribution in [3.8, 4) is 0 Å². The lowest BCUT2D eigenvalue weighted by atomic mass is 10.1. The van der Waals surface area contributed by atoms with Crippen molar-refractivity contribution in [3.63, 3.8) is 0 Å². The summed E-state index contributed by atoms with van der Waals surface area (Å²) in [7, 11) is 0. The van der Waals surface area contributed by atoms with E-state index in [1.54, 1.807) is 24.3 Å². The predicted octanol–water partition coefficient (Wildman–Crippen LogP) is 2.49. The minimum absolute atomic E-state index is 0.0889. The highest BCUT2D eigenvalue weighted by molar-refractivity contribution is 6.04. The van der Waals surface area contributed by atoms with Crippen LogP contribution in [0.3, 0.4) is 0 Å². The maximum absolute atomic E-state index is 12.9. The molecule has 0 aliphatic carbocycles. The SMILES string of the molecule is C[C@H](OC(=O)c1n[nH]c(=O)c2ccccc12)C(=O)c1ccc(F)cc1. The van der Waals surface area contributed by atoms with Crippen LogP contribution in [0.15, 0.2) is 53.3 Å². The zero-order valence-corrected chi connectivity index (χ0v) is 13.2. The van der Waals surface area contributed by atoms with E-state index >= 15 is 0 Å². The van der Waals surface area contributed by atoms with Crippen LogP contribution in [-0.2, 0) is 4.74 Å². The van der Waals surface area contributed by atoms with Crippen molar-refractivity contribution in [1.29, 1.82) is 0 Å². The van der Waals surface area contributed by atoms with Crippen LogP contribution in [0.2, 0.25) is 0 Å². The molecule has 0 amide bonds. The van der Waals surface area contributed by atoms with Crippen molar-refractivity contribution in [2.24, 2.45) is 0 Å². The van der Waals surface area contributed by atoms with E-state index in [2.05, 4.69) is 10.2 Å². The number of hydrogen-bond donors (Lipinski definition) is 1. The lowest BCUT2D eigenvalue weighted by Crippen LogP contribution is -2.26. The maximum atomic E-state index is 12.9. The normalized spacial score (nSPS) is 11.9. The molecule has 0 fully saturated rings. The number of fused-ring (bicyclic) bond motifs is 1. The Morgan fingerprint density at radius 2 is 1.72 bits per heavy atom. The minimum atomic E-state index is -1.09. The van der Waals surface area contributed by atoms with Gasteiger partial charge in [0.25, 0.3) is 5.56 Å². The monoisotopic (exact) mass is 340 g/mol. The van der Waals surface area contributed by atoms with E-state index in [1.165, 1.54) is 19.1 Å². The summed E-state index contributed by atoms with van der Waals surface area (Å²) >= 11 is 0. The molecule has 0 aliphatic heterocycles. The Balaban J connectivity index is 1.85. The highest BCUT2D eigenvalue weighted by Crippen LogP contribution is 2.15. The predicted molar refractivity (Wildman–Crippen MR) is 88.0 cm³/mol. The number of ketones is 1. The number of rotatable bonds is 4. The van der Waals surface area contributed by atoms with E-state index < -0.39 is 29.2 Å². The number of nitrogens with zero attached hydrogens (tertiary/aromatic N) is 1. The van der Waals surface area contributed by atoms with Gasteiger partial charge in [-0.15, -0.1) is 0 Å². The molecule has 1 heterocycles. The number of aromatic nitrogens is 2. The molecule has 1 atom stereocenters. The zero-order valence-electron chi connectivity index (χ0n) is 13.2. The molecular weight excluding hydrogens is 327 g/mol. The van der Waals surface area contributed by atoms with Crippen molar-refractivity contribution in [2.45, 2.75) is 13.0 Å². The van der Waals surface area contributed by atoms with Crippen molar-refractivity contribution < 1.29 is 18.7 Å². The first-order valence-electron chi connectivity index (χ1n) is 7.45. The fraction of sp³-hybridized carbons (Fsp3) is 0.111. The molecule has 0 radical (unpaired) electrons. The third-order valence-electron chi connectivity index (χ3n) is 3.67. The minimum Gasteiger partial charge on any atom is -0.449 e. The first-order valence-corrected chi connectivity index (χ1v) is 7.45. The number of Topliss-reactive ketones (excluding diaryl/α,β-unsaturated/α-hetero) is 1. The fourth-order valence-corrected chi connectivity index (χ4v) is 2.39. The van der Waals surface area contributed by atoms with Gasteiger partial charge < -0.3 is 4.74 Å². The Morgan fingerprint density at radius 3 is 2.40 bits per heavy atom. The number of H-pyrrole nitrogens is 1. The van der Waals surface area contributed by atoms with Crippen molar-refractivity contribution in [3.05, 3.63) is 76.0 Å². The number of benzene rings is 2. The molecule has 1 aromatic heterocycles.